The Morgan fingerprint density at radius 2 is 0.417 bits per heavy atom. The van der Waals surface area contributed by atoms with Crippen LogP contribution in [0.25, 0.3) is 0 Å². The Morgan fingerprint density at radius 3 is 0.611 bits per heavy atom. The van der Waals surface area contributed by atoms with Crippen LogP contribution in [0.15, 0.2) is 0 Å². The average molecular weight is 507 g/mol. The molecule has 0 aliphatic carbocycles. The van der Waals surface area contributed by atoms with Gasteiger partial charge >= 0.3 is 0 Å². The molecule has 0 N–H and O–H groups in total. The summed E-state index contributed by atoms with van der Waals surface area (Å²) in [6, 6.07) is 0. The van der Waals surface area contributed by atoms with Gasteiger partial charge in [-0.1, -0.05) is 220 Å². The number of hydrogen-bond donors (Lipinski definition) is 0. The van der Waals surface area contributed by atoms with Crippen LogP contribution >= 0.6 is 0 Å². The monoisotopic (exact) mass is 507 g/mol. The molecule has 2 atom stereocenters. The molecule has 0 aromatic rings. The fourth-order valence-corrected chi connectivity index (χ4v) is 5.94. The van der Waals surface area contributed by atoms with Gasteiger partial charge in [0.25, 0.3) is 0 Å². The molecule has 0 spiro atoms. The molecule has 0 bridgehead atoms. The minimum Gasteiger partial charge on any atom is -0.0654 e. The highest BCUT2D eigenvalue weighted by Crippen LogP contribution is 2.21. The Labute approximate surface area is 232 Å². The van der Waals surface area contributed by atoms with Gasteiger partial charge in [0.05, 0.1) is 0 Å². The summed E-state index contributed by atoms with van der Waals surface area (Å²) in [5.41, 5.74) is 0. The van der Waals surface area contributed by atoms with E-state index in [0.29, 0.717) is 0 Å². The molecule has 218 valence electrons. The van der Waals surface area contributed by atoms with Crippen LogP contribution in [-0.4, -0.2) is 0 Å². The third-order valence-corrected chi connectivity index (χ3v) is 8.74. The summed E-state index contributed by atoms with van der Waals surface area (Å²) in [7, 11) is 0. The molecule has 0 saturated carbocycles. The van der Waals surface area contributed by atoms with Crippen LogP contribution in [0.5, 0.6) is 0 Å². The third kappa shape index (κ3) is 30.2. The van der Waals surface area contributed by atoms with E-state index >= 15 is 0 Å². The van der Waals surface area contributed by atoms with Gasteiger partial charge in [-0.25, -0.2) is 0 Å². The highest BCUT2D eigenvalue weighted by Gasteiger charge is 2.04. The SMILES string of the molecule is CCCCCCCCCCCCCC(C)CCCCCCCC(C)CCCCCCCCCCCC. The van der Waals surface area contributed by atoms with Gasteiger partial charge in [-0.2, -0.15) is 0 Å². The first-order chi connectivity index (χ1) is 17.7. The molecule has 0 aromatic carbocycles. The number of rotatable bonds is 31. The van der Waals surface area contributed by atoms with E-state index in [-0.39, 0.29) is 0 Å². The first-order valence-corrected chi connectivity index (χ1v) is 17.7. The molecule has 0 amide bonds. The summed E-state index contributed by atoms with van der Waals surface area (Å²) in [5.74, 6) is 1.93. The normalized spacial score (nSPS) is 13.3. The van der Waals surface area contributed by atoms with Crippen molar-refractivity contribution in [2.75, 3.05) is 0 Å². The molecule has 0 nitrogen and oxygen atoms in total. The van der Waals surface area contributed by atoms with Crippen LogP contribution < -0.4 is 0 Å². The Bertz CT molecular complexity index is 372. The van der Waals surface area contributed by atoms with Crippen molar-refractivity contribution in [2.45, 2.75) is 220 Å². The quantitative estimate of drug-likeness (QED) is 0.0820. The van der Waals surface area contributed by atoms with Crippen molar-refractivity contribution < 1.29 is 0 Å². The Hall–Kier alpha value is 0. The lowest BCUT2D eigenvalue weighted by Crippen LogP contribution is -1.96. The average Bonchev–Trinajstić information content (AvgIpc) is 2.87. The molecule has 0 rings (SSSR count). The van der Waals surface area contributed by atoms with Crippen LogP contribution in [0.1, 0.15) is 220 Å². The lowest BCUT2D eigenvalue weighted by atomic mass is 9.94. The molecule has 0 aromatic heterocycles. The van der Waals surface area contributed by atoms with Crippen molar-refractivity contribution in [1.82, 2.24) is 0 Å². The standard InChI is InChI=1S/C36H74/c1-5-7-9-11-13-15-17-19-21-24-28-32-36(4)34-30-26-22-25-29-33-35(3)31-27-23-20-18-16-14-12-10-8-6-2/h35-36H,5-34H2,1-4H3. The highest BCUT2D eigenvalue weighted by molar-refractivity contribution is 4.58. The van der Waals surface area contributed by atoms with E-state index in [2.05, 4.69) is 27.7 Å². The van der Waals surface area contributed by atoms with Crippen molar-refractivity contribution in [2.24, 2.45) is 11.8 Å². The zero-order valence-electron chi connectivity index (χ0n) is 26.4. The van der Waals surface area contributed by atoms with E-state index in [1.54, 1.807) is 0 Å². The summed E-state index contributed by atoms with van der Waals surface area (Å²) in [6.45, 7) is 9.63. The molecule has 0 aliphatic rings. The van der Waals surface area contributed by atoms with Crippen molar-refractivity contribution in [3.8, 4) is 0 Å². The fraction of sp³-hybridized carbons (Fsp3) is 1.00. The van der Waals surface area contributed by atoms with Crippen LogP contribution in [0.4, 0.5) is 0 Å². The second-order valence-corrected chi connectivity index (χ2v) is 12.9. The molecule has 36 heavy (non-hydrogen) atoms. The maximum atomic E-state index is 2.51. The molecule has 0 aliphatic heterocycles. The second-order valence-electron chi connectivity index (χ2n) is 12.9. The van der Waals surface area contributed by atoms with Gasteiger partial charge in [-0.15, -0.1) is 0 Å². The van der Waals surface area contributed by atoms with Crippen molar-refractivity contribution in [3.63, 3.8) is 0 Å². The fourth-order valence-electron chi connectivity index (χ4n) is 5.94. The van der Waals surface area contributed by atoms with E-state index in [0.717, 1.165) is 11.8 Å². The maximum absolute atomic E-state index is 2.51. The summed E-state index contributed by atoms with van der Waals surface area (Å²) in [4.78, 5) is 0. The predicted molar refractivity (Wildman–Crippen MR) is 168 cm³/mol. The summed E-state index contributed by atoms with van der Waals surface area (Å²) >= 11 is 0. The lowest BCUT2D eigenvalue weighted by Gasteiger charge is -2.12. The maximum Gasteiger partial charge on any atom is -0.0443 e. The van der Waals surface area contributed by atoms with E-state index < -0.39 is 0 Å². The Kier molecular flexibility index (Phi) is 31.2. The minimum absolute atomic E-state index is 0.963. The van der Waals surface area contributed by atoms with Gasteiger partial charge in [0.15, 0.2) is 0 Å². The van der Waals surface area contributed by atoms with Crippen LogP contribution in [-0.2, 0) is 0 Å². The smallest absolute Gasteiger partial charge is 0.0443 e. The van der Waals surface area contributed by atoms with Crippen molar-refractivity contribution >= 4 is 0 Å². The Balaban J connectivity index is 3.24. The zero-order chi connectivity index (χ0) is 26.4. The topological polar surface area (TPSA) is 0 Å². The minimum atomic E-state index is 0.963. The van der Waals surface area contributed by atoms with Crippen LogP contribution in [0.2, 0.25) is 0 Å². The molecule has 0 radical (unpaired) electrons. The number of hydrogen-bond acceptors (Lipinski definition) is 0. The van der Waals surface area contributed by atoms with Crippen molar-refractivity contribution in [1.29, 1.82) is 0 Å². The molecule has 0 heterocycles. The van der Waals surface area contributed by atoms with Crippen LogP contribution in [0.3, 0.4) is 0 Å². The van der Waals surface area contributed by atoms with E-state index in [9.17, 15) is 0 Å². The summed E-state index contributed by atoms with van der Waals surface area (Å²) in [6.07, 6.45) is 44.1. The van der Waals surface area contributed by atoms with E-state index in [4.69, 9.17) is 0 Å². The molecule has 0 heteroatoms. The first-order valence-electron chi connectivity index (χ1n) is 17.7. The second kappa shape index (κ2) is 31.2. The predicted octanol–water partition coefficient (Wildman–Crippen LogP) is 14.0. The first kappa shape index (κ1) is 36.0. The van der Waals surface area contributed by atoms with Gasteiger partial charge in [0.2, 0.25) is 0 Å². The molecule has 2 unspecified atom stereocenters. The van der Waals surface area contributed by atoms with E-state index in [1.807, 2.05) is 0 Å². The zero-order valence-corrected chi connectivity index (χ0v) is 26.4. The summed E-state index contributed by atoms with van der Waals surface area (Å²) < 4.78 is 0. The molecule has 0 fully saturated rings. The van der Waals surface area contributed by atoms with Gasteiger partial charge in [0.1, 0.15) is 0 Å². The highest BCUT2D eigenvalue weighted by atomic mass is 14.1. The molecular weight excluding hydrogens is 432 g/mol. The third-order valence-electron chi connectivity index (χ3n) is 8.74. The largest absolute Gasteiger partial charge is 0.0654 e. The lowest BCUT2D eigenvalue weighted by molar-refractivity contribution is 0.416. The Morgan fingerprint density at radius 1 is 0.250 bits per heavy atom. The van der Waals surface area contributed by atoms with E-state index in [1.165, 1.54) is 193 Å². The van der Waals surface area contributed by atoms with Gasteiger partial charge in [-0.3, -0.25) is 0 Å². The molecular formula is C36H74. The van der Waals surface area contributed by atoms with Crippen molar-refractivity contribution in [3.05, 3.63) is 0 Å². The molecule has 0 saturated heterocycles. The summed E-state index contributed by atoms with van der Waals surface area (Å²) in [5, 5.41) is 0. The number of unbranched alkanes of at least 4 members (excludes halogenated alkanes) is 23. The van der Waals surface area contributed by atoms with Gasteiger partial charge in [0, 0.05) is 0 Å². The van der Waals surface area contributed by atoms with Gasteiger partial charge < -0.3 is 0 Å². The van der Waals surface area contributed by atoms with Gasteiger partial charge in [-0.05, 0) is 11.8 Å². The van der Waals surface area contributed by atoms with Crippen LogP contribution in [0, 0.1) is 11.8 Å².